The topological polar surface area (TPSA) is 76.3 Å². The first-order valence-corrected chi connectivity index (χ1v) is 10.9. The Morgan fingerprint density at radius 1 is 1.18 bits per heavy atom. The van der Waals surface area contributed by atoms with Gasteiger partial charge in [-0.05, 0) is 44.0 Å². The predicted octanol–water partition coefficient (Wildman–Crippen LogP) is 4.27. The first-order chi connectivity index (χ1) is 13.4. The summed E-state index contributed by atoms with van der Waals surface area (Å²) in [5.41, 5.74) is 1.79. The van der Waals surface area contributed by atoms with Gasteiger partial charge < -0.3 is 4.52 Å². The molecule has 28 heavy (non-hydrogen) atoms. The van der Waals surface area contributed by atoms with Gasteiger partial charge in [0, 0.05) is 23.7 Å². The SMILES string of the molecule is Cc1ccc(S(=O)(=O)N2CCC[C@H](c3nc(-c4cccc(Cl)c4)no3)C2)cc1. The van der Waals surface area contributed by atoms with E-state index in [9.17, 15) is 8.42 Å². The lowest BCUT2D eigenvalue weighted by Gasteiger charge is -2.30. The van der Waals surface area contributed by atoms with Crippen LogP contribution in [0, 0.1) is 6.92 Å². The van der Waals surface area contributed by atoms with Gasteiger partial charge in [0.1, 0.15) is 0 Å². The number of rotatable bonds is 4. The Morgan fingerprint density at radius 3 is 2.71 bits per heavy atom. The Hall–Kier alpha value is -2.22. The number of piperidine rings is 1. The standard InChI is InChI=1S/C20H20ClN3O3S/c1-14-7-9-18(10-8-14)28(25,26)24-11-3-5-16(13-24)20-22-19(23-27-20)15-4-2-6-17(21)12-15/h2,4,6-10,12,16H,3,5,11,13H2,1H3/t16-/m0/s1. The smallest absolute Gasteiger partial charge is 0.243 e. The average Bonchev–Trinajstić information content (AvgIpc) is 3.19. The third-order valence-corrected chi connectivity index (χ3v) is 7.03. The summed E-state index contributed by atoms with van der Waals surface area (Å²) in [6, 6.07) is 14.1. The summed E-state index contributed by atoms with van der Waals surface area (Å²) in [7, 11) is -3.54. The molecule has 1 aliphatic heterocycles. The summed E-state index contributed by atoms with van der Waals surface area (Å²) in [6.07, 6.45) is 1.54. The van der Waals surface area contributed by atoms with Gasteiger partial charge in [-0.1, -0.05) is 46.6 Å². The minimum Gasteiger partial charge on any atom is -0.339 e. The van der Waals surface area contributed by atoms with Gasteiger partial charge >= 0.3 is 0 Å². The van der Waals surface area contributed by atoms with Crippen LogP contribution in [0.15, 0.2) is 57.9 Å². The number of sulfonamides is 1. The molecule has 0 unspecified atom stereocenters. The van der Waals surface area contributed by atoms with E-state index in [1.165, 1.54) is 4.31 Å². The summed E-state index contributed by atoms with van der Waals surface area (Å²) in [4.78, 5) is 4.80. The first kappa shape index (κ1) is 19.1. The Kier molecular flexibility index (Phi) is 5.23. The first-order valence-electron chi connectivity index (χ1n) is 9.10. The zero-order valence-corrected chi connectivity index (χ0v) is 16.9. The highest BCUT2D eigenvalue weighted by Crippen LogP contribution is 2.31. The molecule has 1 fully saturated rings. The Balaban J connectivity index is 1.55. The summed E-state index contributed by atoms with van der Waals surface area (Å²) in [6.45, 7) is 2.75. The number of hydrogen-bond acceptors (Lipinski definition) is 5. The van der Waals surface area contributed by atoms with Crippen molar-refractivity contribution in [3.8, 4) is 11.4 Å². The molecule has 146 valence electrons. The van der Waals surface area contributed by atoms with Gasteiger partial charge in [-0.2, -0.15) is 9.29 Å². The summed E-state index contributed by atoms with van der Waals surface area (Å²) in [5.74, 6) is 0.782. The monoisotopic (exact) mass is 417 g/mol. The van der Waals surface area contributed by atoms with Crippen LogP contribution in [-0.4, -0.2) is 36.0 Å². The van der Waals surface area contributed by atoms with Crippen molar-refractivity contribution in [3.63, 3.8) is 0 Å². The molecule has 0 aliphatic carbocycles. The Bertz CT molecular complexity index is 1080. The molecule has 4 rings (SSSR count). The van der Waals surface area contributed by atoms with E-state index >= 15 is 0 Å². The van der Waals surface area contributed by atoms with Gasteiger partial charge in [0.2, 0.25) is 21.7 Å². The molecule has 0 spiro atoms. The maximum Gasteiger partial charge on any atom is 0.243 e. The van der Waals surface area contributed by atoms with Crippen molar-refractivity contribution in [1.29, 1.82) is 0 Å². The van der Waals surface area contributed by atoms with Crippen LogP contribution in [0.25, 0.3) is 11.4 Å². The highest BCUT2D eigenvalue weighted by atomic mass is 35.5. The highest BCUT2D eigenvalue weighted by molar-refractivity contribution is 7.89. The molecule has 1 atom stereocenters. The molecule has 0 radical (unpaired) electrons. The lowest BCUT2D eigenvalue weighted by molar-refractivity contribution is 0.265. The average molecular weight is 418 g/mol. The summed E-state index contributed by atoms with van der Waals surface area (Å²) < 4.78 is 32.9. The molecule has 1 saturated heterocycles. The second kappa shape index (κ2) is 7.66. The number of halogens is 1. The van der Waals surface area contributed by atoms with Gasteiger partial charge in [0.25, 0.3) is 0 Å². The quantitative estimate of drug-likeness (QED) is 0.633. The predicted molar refractivity (Wildman–Crippen MR) is 107 cm³/mol. The van der Waals surface area contributed by atoms with Crippen LogP contribution in [0.4, 0.5) is 0 Å². The van der Waals surface area contributed by atoms with Crippen molar-refractivity contribution in [2.24, 2.45) is 0 Å². The number of aromatic nitrogens is 2. The lowest BCUT2D eigenvalue weighted by atomic mass is 10.00. The van der Waals surface area contributed by atoms with Crippen LogP contribution in [0.5, 0.6) is 0 Å². The van der Waals surface area contributed by atoms with E-state index in [1.54, 1.807) is 24.3 Å². The molecule has 1 aliphatic rings. The van der Waals surface area contributed by atoms with Crippen LogP contribution in [-0.2, 0) is 10.0 Å². The van der Waals surface area contributed by atoms with Crippen LogP contribution >= 0.6 is 11.6 Å². The zero-order chi connectivity index (χ0) is 19.7. The van der Waals surface area contributed by atoms with Gasteiger partial charge in [-0.15, -0.1) is 0 Å². The Labute approximate surface area is 169 Å². The zero-order valence-electron chi connectivity index (χ0n) is 15.4. The van der Waals surface area contributed by atoms with Gasteiger partial charge in [-0.3, -0.25) is 0 Å². The van der Waals surface area contributed by atoms with E-state index in [4.69, 9.17) is 16.1 Å². The number of aryl methyl sites for hydroxylation is 1. The third-order valence-electron chi connectivity index (χ3n) is 4.92. The normalized spacial score (nSPS) is 18.3. The van der Waals surface area contributed by atoms with Crippen molar-refractivity contribution in [1.82, 2.24) is 14.4 Å². The van der Waals surface area contributed by atoms with Crippen LogP contribution < -0.4 is 0 Å². The second-order valence-electron chi connectivity index (χ2n) is 6.98. The number of hydrogen-bond donors (Lipinski definition) is 0. The van der Waals surface area contributed by atoms with Gasteiger partial charge in [-0.25, -0.2) is 8.42 Å². The van der Waals surface area contributed by atoms with Crippen molar-refractivity contribution in [2.75, 3.05) is 13.1 Å². The summed E-state index contributed by atoms with van der Waals surface area (Å²) in [5, 5.41) is 4.64. The van der Waals surface area contributed by atoms with Crippen molar-refractivity contribution in [2.45, 2.75) is 30.6 Å². The van der Waals surface area contributed by atoms with Crippen LogP contribution in [0.1, 0.15) is 30.2 Å². The summed E-state index contributed by atoms with van der Waals surface area (Å²) >= 11 is 6.03. The third kappa shape index (κ3) is 3.83. The highest BCUT2D eigenvalue weighted by Gasteiger charge is 2.33. The number of nitrogens with zero attached hydrogens (tertiary/aromatic N) is 3. The van der Waals surface area contributed by atoms with E-state index in [1.807, 2.05) is 31.2 Å². The molecule has 8 heteroatoms. The van der Waals surface area contributed by atoms with Crippen molar-refractivity contribution >= 4 is 21.6 Å². The molecular formula is C20H20ClN3O3S. The molecule has 0 amide bonds. The van der Waals surface area contributed by atoms with Crippen molar-refractivity contribution in [3.05, 3.63) is 65.0 Å². The lowest BCUT2D eigenvalue weighted by Crippen LogP contribution is -2.39. The molecule has 2 aromatic carbocycles. The maximum absolute atomic E-state index is 13.0. The van der Waals surface area contributed by atoms with Gasteiger partial charge in [0.05, 0.1) is 10.8 Å². The maximum atomic E-state index is 13.0. The molecule has 0 saturated carbocycles. The molecular weight excluding hydrogens is 398 g/mol. The number of benzene rings is 2. The molecule has 0 N–H and O–H groups in total. The fourth-order valence-corrected chi connectivity index (χ4v) is 5.08. The molecule has 1 aromatic heterocycles. The van der Waals surface area contributed by atoms with E-state index < -0.39 is 10.0 Å². The van der Waals surface area contributed by atoms with Gasteiger partial charge in [0.15, 0.2) is 0 Å². The fraction of sp³-hybridized carbons (Fsp3) is 0.300. The van der Waals surface area contributed by atoms with E-state index in [2.05, 4.69) is 10.1 Å². The molecule has 0 bridgehead atoms. The van der Waals surface area contributed by atoms with E-state index in [0.717, 1.165) is 24.0 Å². The molecule has 2 heterocycles. The van der Waals surface area contributed by atoms with Crippen molar-refractivity contribution < 1.29 is 12.9 Å². The minimum atomic E-state index is -3.54. The van der Waals surface area contributed by atoms with E-state index in [-0.39, 0.29) is 5.92 Å². The fourth-order valence-electron chi connectivity index (χ4n) is 3.37. The second-order valence-corrected chi connectivity index (χ2v) is 9.36. The van der Waals surface area contributed by atoms with Crippen LogP contribution in [0.3, 0.4) is 0 Å². The largest absolute Gasteiger partial charge is 0.339 e. The van der Waals surface area contributed by atoms with E-state index in [0.29, 0.717) is 34.7 Å². The minimum absolute atomic E-state index is 0.130. The molecule has 6 nitrogen and oxygen atoms in total. The van der Waals surface area contributed by atoms with Crippen LogP contribution in [0.2, 0.25) is 5.02 Å². The molecule has 3 aromatic rings. The Morgan fingerprint density at radius 2 is 1.96 bits per heavy atom.